The molecular formula is C11H13N5O. The summed E-state index contributed by atoms with van der Waals surface area (Å²) >= 11 is 0. The third-order valence-electron chi connectivity index (χ3n) is 2.28. The first-order valence-corrected chi connectivity index (χ1v) is 5.04. The Morgan fingerprint density at radius 3 is 2.76 bits per heavy atom. The average molecular weight is 231 g/mol. The third-order valence-corrected chi connectivity index (χ3v) is 2.28. The van der Waals surface area contributed by atoms with Crippen molar-refractivity contribution in [3.8, 4) is 0 Å². The summed E-state index contributed by atoms with van der Waals surface area (Å²) in [6, 6.07) is 6.79. The summed E-state index contributed by atoms with van der Waals surface area (Å²) in [6.45, 7) is 1.93. The molecule has 0 spiro atoms. The Hall–Kier alpha value is -2.50. The van der Waals surface area contributed by atoms with Crippen LogP contribution in [0.2, 0.25) is 0 Å². The minimum Gasteiger partial charge on any atom is -0.399 e. The Balaban J connectivity index is 2.37. The number of nitrogen functional groups attached to an aromatic ring is 2. The SMILES string of the molecule is Cc1ccc(N)cc1Nc1cc(=O)[nH]c(N)n1. The molecule has 0 saturated heterocycles. The third kappa shape index (κ3) is 2.54. The van der Waals surface area contributed by atoms with Gasteiger partial charge in [0.05, 0.1) is 0 Å². The van der Waals surface area contributed by atoms with Crippen molar-refractivity contribution in [2.24, 2.45) is 0 Å². The number of aromatic amines is 1. The van der Waals surface area contributed by atoms with Gasteiger partial charge in [-0.05, 0) is 24.6 Å². The monoisotopic (exact) mass is 231 g/mol. The van der Waals surface area contributed by atoms with Gasteiger partial charge in [-0.1, -0.05) is 6.07 Å². The highest BCUT2D eigenvalue weighted by Gasteiger charge is 2.02. The van der Waals surface area contributed by atoms with E-state index in [1.165, 1.54) is 6.07 Å². The Kier molecular flexibility index (Phi) is 2.70. The molecule has 2 aromatic rings. The van der Waals surface area contributed by atoms with Crippen molar-refractivity contribution in [3.63, 3.8) is 0 Å². The van der Waals surface area contributed by atoms with Gasteiger partial charge in [-0.2, -0.15) is 4.98 Å². The normalized spacial score (nSPS) is 10.2. The molecule has 0 fully saturated rings. The van der Waals surface area contributed by atoms with Crippen LogP contribution < -0.4 is 22.3 Å². The standard InChI is InChI=1S/C11H13N5O/c1-6-2-3-7(12)4-8(6)14-9-5-10(17)16-11(13)15-9/h2-5H,12H2,1H3,(H4,13,14,15,16,17). The lowest BCUT2D eigenvalue weighted by Gasteiger charge is -2.09. The van der Waals surface area contributed by atoms with Crippen LogP contribution in [0.1, 0.15) is 5.56 Å². The van der Waals surface area contributed by atoms with E-state index in [1.807, 2.05) is 13.0 Å². The van der Waals surface area contributed by atoms with Crippen LogP contribution in [-0.2, 0) is 0 Å². The van der Waals surface area contributed by atoms with Crippen molar-refractivity contribution in [2.45, 2.75) is 6.92 Å². The molecule has 2 rings (SSSR count). The van der Waals surface area contributed by atoms with E-state index < -0.39 is 0 Å². The molecular weight excluding hydrogens is 218 g/mol. The van der Waals surface area contributed by atoms with Gasteiger partial charge >= 0.3 is 0 Å². The van der Waals surface area contributed by atoms with E-state index in [-0.39, 0.29) is 11.5 Å². The smallest absolute Gasteiger partial charge is 0.254 e. The molecule has 0 saturated carbocycles. The zero-order chi connectivity index (χ0) is 12.4. The summed E-state index contributed by atoms with van der Waals surface area (Å²) in [5, 5.41) is 3.00. The number of aromatic nitrogens is 2. The quantitative estimate of drug-likeness (QED) is 0.576. The molecule has 0 radical (unpaired) electrons. The van der Waals surface area contributed by atoms with Gasteiger partial charge in [0, 0.05) is 17.4 Å². The lowest BCUT2D eigenvalue weighted by atomic mass is 10.2. The van der Waals surface area contributed by atoms with Crippen LogP contribution in [0, 0.1) is 6.92 Å². The fourth-order valence-corrected chi connectivity index (χ4v) is 1.45. The van der Waals surface area contributed by atoms with Crippen molar-refractivity contribution < 1.29 is 0 Å². The van der Waals surface area contributed by atoms with Gasteiger partial charge in [0.15, 0.2) is 0 Å². The Labute approximate surface area is 97.7 Å². The van der Waals surface area contributed by atoms with Gasteiger partial charge in [0.2, 0.25) is 5.95 Å². The van der Waals surface area contributed by atoms with Crippen LogP contribution in [0.25, 0.3) is 0 Å². The molecule has 0 amide bonds. The fraction of sp³-hybridized carbons (Fsp3) is 0.0909. The van der Waals surface area contributed by atoms with E-state index in [9.17, 15) is 4.79 Å². The average Bonchev–Trinajstić information content (AvgIpc) is 2.22. The molecule has 0 atom stereocenters. The second-order valence-electron chi connectivity index (χ2n) is 3.72. The molecule has 1 aromatic heterocycles. The minimum absolute atomic E-state index is 0.0709. The first-order chi connectivity index (χ1) is 8.04. The van der Waals surface area contributed by atoms with Crippen molar-refractivity contribution in [1.29, 1.82) is 0 Å². The molecule has 0 aliphatic heterocycles. The number of nitrogens with one attached hydrogen (secondary N) is 2. The van der Waals surface area contributed by atoms with Crippen LogP contribution in [0.5, 0.6) is 0 Å². The Morgan fingerprint density at radius 2 is 2.06 bits per heavy atom. The van der Waals surface area contributed by atoms with Crippen LogP contribution >= 0.6 is 0 Å². The molecule has 17 heavy (non-hydrogen) atoms. The van der Waals surface area contributed by atoms with E-state index in [0.29, 0.717) is 11.5 Å². The number of nitrogens with two attached hydrogens (primary N) is 2. The maximum Gasteiger partial charge on any atom is 0.254 e. The fourth-order valence-electron chi connectivity index (χ4n) is 1.45. The first-order valence-electron chi connectivity index (χ1n) is 5.04. The highest BCUT2D eigenvalue weighted by molar-refractivity contribution is 5.65. The van der Waals surface area contributed by atoms with Crippen molar-refractivity contribution >= 4 is 23.1 Å². The molecule has 88 valence electrons. The van der Waals surface area contributed by atoms with Gasteiger partial charge in [-0.15, -0.1) is 0 Å². The first kappa shape index (κ1) is 11.0. The Morgan fingerprint density at radius 1 is 1.29 bits per heavy atom. The molecule has 0 aliphatic carbocycles. The van der Waals surface area contributed by atoms with E-state index in [2.05, 4.69) is 15.3 Å². The summed E-state index contributed by atoms with van der Waals surface area (Å²) in [7, 11) is 0. The summed E-state index contributed by atoms with van der Waals surface area (Å²) < 4.78 is 0. The van der Waals surface area contributed by atoms with Crippen LogP contribution in [-0.4, -0.2) is 9.97 Å². The molecule has 0 aliphatic rings. The largest absolute Gasteiger partial charge is 0.399 e. The summed E-state index contributed by atoms with van der Waals surface area (Å²) in [6.07, 6.45) is 0. The van der Waals surface area contributed by atoms with E-state index >= 15 is 0 Å². The zero-order valence-electron chi connectivity index (χ0n) is 9.32. The van der Waals surface area contributed by atoms with Gasteiger partial charge < -0.3 is 16.8 Å². The van der Waals surface area contributed by atoms with Crippen LogP contribution in [0.3, 0.4) is 0 Å². The molecule has 1 heterocycles. The number of nitrogens with zero attached hydrogens (tertiary/aromatic N) is 1. The number of aryl methyl sites for hydroxylation is 1. The number of benzene rings is 1. The minimum atomic E-state index is -0.304. The lowest BCUT2D eigenvalue weighted by molar-refractivity contribution is 1.14. The highest BCUT2D eigenvalue weighted by atomic mass is 16.1. The van der Waals surface area contributed by atoms with E-state index in [4.69, 9.17) is 11.5 Å². The van der Waals surface area contributed by atoms with E-state index in [0.717, 1.165) is 11.3 Å². The number of hydrogen-bond donors (Lipinski definition) is 4. The molecule has 6 heteroatoms. The maximum absolute atomic E-state index is 11.2. The van der Waals surface area contributed by atoms with Gasteiger partial charge in [-0.25, -0.2) is 0 Å². The summed E-state index contributed by atoms with van der Waals surface area (Å²) in [5.41, 5.74) is 13.3. The van der Waals surface area contributed by atoms with Crippen molar-refractivity contribution in [1.82, 2.24) is 9.97 Å². The molecule has 0 unspecified atom stereocenters. The van der Waals surface area contributed by atoms with Crippen LogP contribution in [0.15, 0.2) is 29.1 Å². The van der Waals surface area contributed by atoms with E-state index in [1.54, 1.807) is 12.1 Å². The number of rotatable bonds is 2. The van der Waals surface area contributed by atoms with Crippen molar-refractivity contribution in [2.75, 3.05) is 16.8 Å². The zero-order valence-corrected chi connectivity index (χ0v) is 9.32. The molecule has 1 aromatic carbocycles. The predicted molar refractivity (Wildman–Crippen MR) is 68.1 cm³/mol. The van der Waals surface area contributed by atoms with Crippen molar-refractivity contribution in [3.05, 3.63) is 40.2 Å². The molecule has 0 bridgehead atoms. The topological polar surface area (TPSA) is 110 Å². The number of H-pyrrole nitrogens is 1. The second kappa shape index (κ2) is 4.17. The maximum atomic E-state index is 11.2. The highest BCUT2D eigenvalue weighted by Crippen LogP contribution is 2.21. The molecule has 6 nitrogen and oxygen atoms in total. The van der Waals surface area contributed by atoms with Gasteiger partial charge in [0.25, 0.3) is 5.56 Å². The lowest BCUT2D eigenvalue weighted by Crippen LogP contribution is -2.11. The summed E-state index contributed by atoms with van der Waals surface area (Å²) in [5.74, 6) is 0.460. The predicted octanol–water partition coefficient (Wildman–Crippen LogP) is 0.986. The van der Waals surface area contributed by atoms with Gasteiger partial charge in [0.1, 0.15) is 5.82 Å². The Bertz CT molecular complexity index is 605. The number of hydrogen-bond acceptors (Lipinski definition) is 5. The second-order valence-corrected chi connectivity index (χ2v) is 3.72. The summed E-state index contributed by atoms with van der Waals surface area (Å²) in [4.78, 5) is 17.6. The van der Waals surface area contributed by atoms with Gasteiger partial charge in [-0.3, -0.25) is 9.78 Å². The van der Waals surface area contributed by atoms with Crippen LogP contribution in [0.4, 0.5) is 23.1 Å². The number of anilines is 4. The molecule has 6 N–H and O–H groups in total.